The van der Waals surface area contributed by atoms with E-state index >= 15 is 0 Å². The zero-order chi connectivity index (χ0) is 20.9. The van der Waals surface area contributed by atoms with E-state index in [1.165, 1.54) is 12.7 Å². The SMILES string of the molecule is CCc1ccc(CNC(=O)C2CNNC2S(=O)(=O)Nc2ccc(OC)cc2)cc1. The number of carbonyl (C=O) groups excluding carboxylic acids is 1. The highest BCUT2D eigenvalue weighted by atomic mass is 32.2. The molecule has 1 fully saturated rings. The van der Waals surface area contributed by atoms with Gasteiger partial charge in [-0.05, 0) is 41.8 Å². The predicted octanol–water partition coefficient (Wildman–Crippen LogP) is 1.37. The van der Waals surface area contributed by atoms with Gasteiger partial charge in [0.2, 0.25) is 5.91 Å². The van der Waals surface area contributed by atoms with E-state index in [4.69, 9.17) is 4.74 Å². The highest BCUT2D eigenvalue weighted by molar-refractivity contribution is 7.93. The molecule has 2 aromatic rings. The first-order valence-corrected chi connectivity index (χ1v) is 11.0. The minimum atomic E-state index is -3.84. The largest absolute Gasteiger partial charge is 0.497 e. The number of hydrogen-bond acceptors (Lipinski definition) is 6. The maximum Gasteiger partial charge on any atom is 0.250 e. The van der Waals surface area contributed by atoms with Crippen LogP contribution in [0.25, 0.3) is 0 Å². The Morgan fingerprint density at radius 2 is 1.76 bits per heavy atom. The Morgan fingerprint density at radius 1 is 1.10 bits per heavy atom. The van der Waals surface area contributed by atoms with E-state index in [1.807, 2.05) is 24.3 Å². The topological polar surface area (TPSA) is 109 Å². The number of sulfonamides is 1. The molecule has 29 heavy (non-hydrogen) atoms. The molecule has 1 saturated heterocycles. The maximum absolute atomic E-state index is 12.8. The molecule has 9 heteroatoms. The molecule has 0 radical (unpaired) electrons. The van der Waals surface area contributed by atoms with Crippen molar-refractivity contribution >= 4 is 21.6 Å². The summed E-state index contributed by atoms with van der Waals surface area (Å²) < 4.78 is 33.2. The fourth-order valence-electron chi connectivity index (χ4n) is 3.10. The highest BCUT2D eigenvalue weighted by Crippen LogP contribution is 2.20. The van der Waals surface area contributed by atoms with E-state index < -0.39 is 21.3 Å². The van der Waals surface area contributed by atoms with E-state index in [9.17, 15) is 13.2 Å². The first-order valence-electron chi connectivity index (χ1n) is 9.42. The molecule has 1 aliphatic rings. The number of carbonyl (C=O) groups is 1. The minimum absolute atomic E-state index is 0.217. The summed E-state index contributed by atoms with van der Waals surface area (Å²) in [6, 6.07) is 14.5. The van der Waals surface area contributed by atoms with Crippen LogP contribution in [0.1, 0.15) is 18.1 Å². The molecule has 0 saturated carbocycles. The molecule has 2 aromatic carbocycles. The smallest absolute Gasteiger partial charge is 0.250 e. The lowest BCUT2D eigenvalue weighted by atomic mass is 10.1. The van der Waals surface area contributed by atoms with Gasteiger partial charge in [0.05, 0.1) is 13.0 Å². The number of amides is 1. The number of methoxy groups -OCH3 is 1. The van der Waals surface area contributed by atoms with Crippen molar-refractivity contribution in [3.05, 3.63) is 59.7 Å². The predicted molar refractivity (Wildman–Crippen MR) is 112 cm³/mol. The second kappa shape index (κ2) is 9.25. The van der Waals surface area contributed by atoms with Crippen molar-refractivity contribution in [2.75, 3.05) is 18.4 Å². The molecule has 0 aromatic heterocycles. The van der Waals surface area contributed by atoms with Gasteiger partial charge >= 0.3 is 0 Å². The molecule has 2 unspecified atom stereocenters. The molecule has 8 nitrogen and oxygen atoms in total. The van der Waals surface area contributed by atoms with Crippen LogP contribution in [-0.4, -0.2) is 33.4 Å². The molecule has 1 amide bonds. The van der Waals surface area contributed by atoms with Crippen LogP contribution in [0.4, 0.5) is 5.69 Å². The molecule has 156 valence electrons. The fourth-order valence-corrected chi connectivity index (χ4v) is 4.58. The summed E-state index contributed by atoms with van der Waals surface area (Å²) in [5.41, 5.74) is 8.06. The second-order valence-corrected chi connectivity index (χ2v) is 8.62. The van der Waals surface area contributed by atoms with Crippen LogP contribution < -0.4 is 25.6 Å². The molecule has 0 aliphatic carbocycles. The van der Waals surface area contributed by atoms with Gasteiger partial charge in [0.15, 0.2) is 5.37 Å². The highest BCUT2D eigenvalue weighted by Gasteiger charge is 2.41. The third-order valence-corrected chi connectivity index (χ3v) is 6.49. The molecule has 3 rings (SSSR count). The van der Waals surface area contributed by atoms with Crippen LogP contribution >= 0.6 is 0 Å². The Hall–Kier alpha value is -2.62. The van der Waals surface area contributed by atoms with Gasteiger partial charge in [-0.3, -0.25) is 14.9 Å². The summed E-state index contributed by atoms with van der Waals surface area (Å²) in [5.74, 6) is -0.467. The van der Waals surface area contributed by atoms with Crippen molar-refractivity contribution in [3.8, 4) is 5.75 Å². The second-order valence-electron chi connectivity index (χ2n) is 6.82. The Labute approximate surface area is 171 Å². The Morgan fingerprint density at radius 3 is 2.38 bits per heavy atom. The normalized spacial score (nSPS) is 19.0. The number of aryl methyl sites for hydroxylation is 1. The number of nitrogens with one attached hydrogen (secondary N) is 4. The van der Waals surface area contributed by atoms with Crippen molar-refractivity contribution in [1.29, 1.82) is 0 Å². The summed E-state index contributed by atoms with van der Waals surface area (Å²) in [6.07, 6.45) is 0.951. The van der Waals surface area contributed by atoms with Crippen molar-refractivity contribution < 1.29 is 17.9 Å². The molecule has 0 bridgehead atoms. The van der Waals surface area contributed by atoms with Gasteiger partial charge in [0, 0.05) is 18.8 Å². The lowest BCUT2D eigenvalue weighted by Gasteiger charge is -2.19. The molecular formula is C20H26N4O4S. The van der Waals surface area contributed by atoms with Crippen LogP contribution in [0.3, 0.4) is 0 Å². The van der Waals surface area contributed by atoms with Crippen molar-refractivity contribution in [2.45, 2.75) is 25.3 Å². The van der Waals surface area contributed by atoms with Crippen LogP contribution in [-0.2, 0) is 27.8 Å². The zero-order valence-electron chi connectivity index (χ0n) is 16.4. The number of ether oxygens (including phenoxy) is 1. The standard InChI is InChI=1S/C20H26N4O4S/c1-3-14-4-6-15(7-5-14)12-21-19(25)18-13-22-23-20(18)29(26,27)24-16-8-10-17(28-2)11-9-16/h4-11,18,20,22-24H,3,12-13H2,1-2H3,(H,21,25). The van der Waals surface area contributed by atoms with Crippen LogP contribution in [0.15, 0.2) is 48.5 Å². The zero-order valence-corrected chi connectivity index (χ0v) is 17.3. The molecule has 4 N–H and O–H groups in total. The lowest BCUT2D eigenvalue weighted by Crippen LogP contribution is -2.46. The maximum atomic E-state index is 12.8. The van der Waals surface area contributed by atoms with Crippen molar-refractivity contribution in [1.82, 2.24) is 16.2 Å². The van der Waals surface area contributed by atoms with Gasteiger partial charge in [-0.2, -0.15) is 0 Å². The van der Waals surface area contributed by atoms with Gasteiger partial charge in [-0.15, -0.1) is 0 Å². The first-order chi connectivity index (χ1) is 13.9. The average molecular weight is 419 g/mol. The fraction of sp³-hybridized carbons (Fsp3) is 0.350. The van der Waals surface area contributed by atoms with E-state index in [1.54, 1.807) is 24.3 Å². The molecule has 2 atom stereocenters. The number of benzene rings is 2. The Kier molecular flexibility index (Phi) is 6.73. The molecular weight excluding hydrogens is 392 g/mol. The monoisotopic (exact) mass is 418 g/mol. The van der Waals surface area contributed by atoms with E-state index in [2.05, 4.69) is 27.8 Å². The van der Waals surface area contributed by atoms with Gasteiger partial charge in [-0.25, -0.2) is 13.8 Å². The molecule has 1 aliphatic heterocycles. The Bertz CT molecular complexity index is 930. The average Bonchev–Trinajstić information content (AvgIpc) is 3.24. The third kappa shape index (κ3) is 5.26. The van der Waals surface area contributed by atoms with E-state index in [0.717, 1.165) is 12.0 Å². The first kappa shape index (κ1) is 21.1. The van der Waals surface area contributed by atoms with Crippen LogP contribution in [0.2, 0.25) is 0 Å². The third-order valence-electron chi connectivity index (χ3n) is 4.85. The van der Waals surface area contributed by atoms with E-state index in [0.29, 0.717) is 18.0 Å². The molecule has 0 spiro atoms. The summed E-state index contributed by atoms with van der Waals surface area (Å²) in [6.45, 7) is 2.64. The summed E-state index contributed by atoms with van der Waals surface area (Å²) in [4.78, 5) is 12.6. The van der Waals surface area contributed by atoms with Crippen LogP contribution in [0, 0.1) is 5.92 Å². The van der Waals surface area contributed by atoms with Gasteiger partial charge in [0.25, 0.3) is 10.0 Å². The van der Waals surface area contributed by atoms with Crippen molar-refractivity contribution in [2.24, 2.45) is 5.92 Å². The number of anilines is 1. The number of hydrogen-bond donors (Lipinski definition) is 4. The van der Waals surface area contributed by atoms with Gasteiger partial charge in [0.1, 0.15) is 5.75 Å². The summed E-state index contributed by atoms with van der Waals surface area (Å²) >= 11 is 0. The van der Waals surface area contributed by atoms with Crippen molar-refractivity contribution in [3.63, 3.8) is 0 Å². The minimum Gasteiger partial charge on any atom is -0.497 e. The number of rotatable bonds is 8. The van der Waals surface area contributed by atoms with Gasteiger partial charge in [-0.1, -0.05) is 31.2 Å². The quantitative estimate of drug-likeness (QED) is 0.516. The lowest BCUT2D eigenvalue weighted by molar-refractivity contribution is -0.124. The summed E-state index contributed by atoms with van der Waals surface area (Å²) in [7, 11) is -2.31. The summed E-state index contributed by atoms with van der Waals surface area (Å²) in [5, 5.41) is 1.74. The van der Waals surface area contributed by atoms with Gasteiger partial charge < -0.3 is 10.1 Å². The Balaban J connectivity index is 1.63. The number of hydrazine groups is 1. The molecule has 1 heterocycles. The van der Waals surface area contributed by atoms with Crippen LogP contribution in [0.5, 0.6) is 5.75 Å². The van der Waals surface area contributed by atoms with E-state index in [-0.39, 0.29) is 12.5 Å².